The number of carbonyl (C=O) groups excluding carboxylic acids is 2. The minimum Gasteiger partial charge on any atom is -0.368 e. The molecule has 0 unspecified atom stereocenters. The van der Waals surface area contributed by atoms with Crippen LogP contribution in [0.3, 0.4) is 0 Å². The van der Waals surface area contributed by atoms with Crippen LogP contribution in [0, 0.1) is 0 Å². The van der Waals surface area contributed by atoms with Crippen LogP contribution >= 0.6 is 11.6 Å². The highest BCUT2D eigenvalue weighted by atomic mass is 35.5. The van der Waals surface area contributed by atoms with E-state index in [0.717, 1.165) is 11.3 Å². The zero-order valence-corrected chi connectivity index (χ0v) is 17.1. The minimum absolute atomic E-state index is 0.0515. The summed E-state index contributed by atoms with van der Waals surface area (Å²) in [6.07, 6.45) is 0. The molecule has 6 heteroatoms. The lowest BCUT2D eigenvalue weighted by molar-refractivity contribution is -0.153. The molecule has 148 valence electrons. The maximum absolute atomic E-state index is 12.9. The number of hydrogen-bond donors (Lipinski definition) is 0. The summed E-state index contributed by atoms with van der Waals surface area (Å²) in [5, 5.41) is 0.694. The van der Waals surface area contributed by atoms with E-state index < -0.39 is 11.8 Å². The van der Waals surface area contributed by atoms with Crippen molar-refractivity contribution in [3.05, 3.63) is 65.2 Å². The van der Waals surface area contributed by atoms with Crippen molar-refractivity contribution in [2.75, 3.05) is 31.1 Å². The first-order valence-corrected chi connectivity index (χ1v) is 9.98. The summed E-state index contributed by atoms with van der Waals surface area (Å²) >= 11 is 6.07. The Hall–Kier alpha value is -2.53. The molecular formula is C22H26ClN3O2. The molecule has 0 atom stereocenters. The Morgan fingerprint density at radius 3 is 2.29 bits per heavy atom. The smallest absolute Gasteiger partial charge is 0.312 e. The fourth-order valence-corrected chi connectivity index (χ4v) is 3.55. The van der Waals surface area contributed by atoms with Gasteiger partial charge in [0, 0.05) is 49.5 Å². The van der Waals surface area contributed by atoms with Gasteiger partial charge in [-0.15, -0.1) is 0 Å². The highest BCUT2D eigenvalue weighted by Crippen LogP contribution is 2.21. The van der Waals surface area contributed by atoms with E-state index in [1.165, 1.54) is 0 Å². The van der Waals surface area contributed by atoms with Crippen molar-refractivity contribution in [3.63, 3.8) is 0 Å². The number of nitrogens with zero attached hydrogens (tertiary/aromatic N) is 3. The van der Waals surface area contributed by atoms with Crippen molar-refractivity contribution in [1.82, 2.24) is 9.80 Å². The third-order valence-corrected chi connectivity index (χ3v) is 5.24. The van der Waals surface area contributed by atoms with Crippen molar-refractivity contribution >= 4 is 29.1 Å². The standard InChI is InChI=1S/C22H26ClN3O2/c1-17(2)26(16-18-7-4-3-5-8-18)22(28)21(27)25-13-11-24(12-14-25)20-10-6-9-19(23)15-20/h3-10,15,17H,11-14,16H2,1-2H3. The van der Waals surface area contributed by atoms with Gasteiger partial charge in [-0.1, -0.05) is 48.0 Å². The van der Waals surface area contributed by atoms with Gasteiger partial charge in [-0.25, -0.2) is 0 Å². The molecular weight excluding hydrogens is 374 g/mol. The lowest BCUT2D eigenvalue weighted by Crippen LogP contribution is -2.54. The quantitative estimate of drug-likeness (QED) is 0.740. The van der Waals surface area contributed by atoms with Crippen LogP contribution in [0.25, 0.3) is 0 Å². The molecule has 3 rings (SSSR count). The molecule has 2 amide bonds. The predicted octanol–water partition coefficient (Wildman–Crippen LogP) is 3.43. The third-order valence-electron chi connectivity index (χ3n) is 5.00. The Kier molecular flexibility index (Phi) is 6.57. The molecule has 1 saturated heterocycles. The van der Waals surface area contributed by atoms with Gasteiger partial charge in [0.05, 0.1) is 0 Å². The molecule has 1 aliphatic heterocycles. The summed E-state index contributed by atoms with van der Waals surface area (Å²) in [5.41, 5.74) is 2.06. The van der Waals surface area contributed by atoms with Gasteiger partial charge in [-0.2, -0.15) is 0 Å². The van der Waals surface area contributed by atoms with Crippen molar-refractivity contribution in [2.45, 2.75) is 26.4 Å². The summed E-state index contributed by atoms with van der Waals surface area (Å²) in [6, 6.07) is 17.4. The van der Waals surface area contributed by atoms with E-state index in [0.29, 0.717) is 37.7 Å². The molecule has 0 spiro atoms. The Morgan fingerprint density at radius 1 is 1.00 bits per heavy atom. The van der Waals surface area contributed by atoms with Crippen LogP contribution in [-0.2, 0) is 16.1 Å². The van der Waals surface area contributed by atoms with E-state index in [2.05, 4.69) is 4.90 Å². The van der Waals surface area contributed by atoms with E-state index in [9.17, 15) is 9.59 Å². The number of piperazine rings is 1. The first-order chi connectivity index (χ1) is 13.5. The zero-order chi connectivity index (χ0) is 20.1. The highest BCUT2D eigenvalue weighted by Gasteiger charge is 2.31. The molecule has 1 aliphatic rings. The molecule has 2 aromatic rings. The van der Waals surface area contributed by atoms with Gasteiger partial charge < -0.3 is 14.7 Å². The molecule has 0 saturated carbocycles. The van der Waals surface area contributed by atoms with Gasteiger partial charge in [0.15, 0.2) is 0 Å². The van der Waals surface area contributed by atoms with E-state index in [1.54, 1.807) is 9.80 Å². The van der Waals surface area contributed by atoms with E-state index in [1.807, 2.05) is 68.4 Å². The van der Waals surface area contributed by atoms with Crippen LogP contribution in [-0.4, -0.2) is 53.8 Å². The van der Waals surface area contributed by atoms with Gasteiger partial charge in [0.1, 0.15) is 0 Å². The van der Waals surface area contributed by atoms with Crippen molar-refractivity contribution in [2.24, 2.45) is 0 Å². The molecule has 0 N–H and O–H groups in total. The Bertz CT molecular complexity index is 818. The predicted molar refractivity (Wildman–Crippen MR) is 112 cm³/mol. The van der Waals surface area contributed by atoms with Crippen molar-refractivity contribution in [3.8, 4) is 0 Å². The first kappa shape index (κ1) is 20.2. The second-order valence-corrected chi connectivity index (χ2v) is 7.71. The van der Waals surface area contributed by atoms with Gasteiger partial charge in [0.2, 0.25) is 0 Å². The Balaban J connectivity index is 1.62. The topological polar surface area (TPSA) is 43.9 Å². The average Bonchev–Trinajstić information content (AvgIpc) is 2.71. The first-order valence-electron chi connectivity index (χ1n) is 9.60. The summed E-state index contributed by atoms with van der Waals surface area (Å²) in [7, 11) is 0. The Morgan fingerprint density at radius 2 is 1.68 bits per heavy atom. The number of anilines is 1. The fraction of sp³-hybridized carbons (Fsp3) is 0.364. The molecule has 0 bridgehead atoms. The number of halogens is 1. The second kappa shape index (κ2) is 9.11. The summed E-state index contributed by atoms with van der Waals surface area (Å²) in [5.74, 6) is -0.856. The summed E-state index contributed by atoms with van der Waals surface area (Å²) < 4.78 is 0. The van der Waals surface area contributed by atoms with Gasteiger partial charge in [-0.3, -0.25) is 9.59 Å². The molecule has 1 heterocycles. The minimum atomic E-state index is -0.435. The summed E-state index contributed by atoms with van der Waals surface area (Å²) in [6.45, 7) is 6.71. The monoisotopic (exact) mass is 399 g/mol. The van der Waals surface area contributed by atoms with Crippen LogP contribution < -0.4 is 4.90 Å². The number of rotatable bonds is 4. The molecule has 0 aliphatic carbocycles. The SMILES string of the molecule is CC(C)N(Cc1ccccc1)C(=O)C(=O)N1CCN(c2cccc(Cl)c2)CC1. The van der Waals surface area contributed by atoms with E-state index >= 15 is 0 Å². The third kappa shape index (κ3) is 4.84. The lowest BCUT2D eigenvalue weighted by atomic mass is 10.1. The molecule has 2 aromatic carbocycles. The van der Waals surface area contributed by atoms with Crippen LogP contribution in [0.5, 0.6) is 0 Å². The maximum Gasteiger partial charge on any atom is 0.312 e. The van der Waals surface area contributed by atoms with Crippen molar-refractivity contribution in [1.29, 1.82) is 0 Å². The number of amides is 2. The van der Waals surface area contributed by atoms with E-state index in [4.69, 9.17) is 11.6 Å². The van der Waals surface area contributed by atoms with Crippen LogP contribution in [0.1, 0.15) is 19.4 Å². The normalized spacial score (nSPS) is 14.3. The molecule has 0 aromatic heterocycles. The second-order valence-electron chi connectivity index (χ2n) is 7.27. The highest BCUT2D eigenvalue weighted by molar-refractivity contribution is 6.35. The van der Waals surface area contributed by atoms with E-state index in [-0.39, 0.29) is 6.04 Å². The molecule has 28 heavy (non-hydrogen) atoms. The lowest BCUT2D eigenvalue weighted by Gasteiger charge is -2.37. The number of carbonyl (C=O) groups is 2. The van der Waals surface area contributed by atoms with Crippen molar-refractivity contribution < 1.29 is 9.59 Å². The molecule has 0 radical (unpaired) electrons. The summed E-state index contributed by atoms with van der Waals surface area (Å²) in [4.78, 5) is 31.2. The van der Waals surface area contributed by atoms with Gasteiger partial charge >= 0.3 is 11.8 Å². The van der Waals surface area contributed by atoms with Gasteiger partial charge in [0.25, 0.3) is 0 Å². The zero-order valence-electron chi connectivity index (χ0n) is 16.3. The number of hydrogen-bond acceptors (Lipinski definition) is 3. The average molecular weight is 400 g/mol. The van der Waals surface area contributed by atoms with Crippen LogP contribution in [0.15, 0.2) is 54.6 Å². The van der Waals surface area contributed by atoms with Crippen LogP contribution in [0.2, 0.25) is 5.02 Å². The number of benzene rings is 2. The van der Waals surface area contributed by atoms with Gasteiger partial charge in [-0.05, 0) is 37.6 Å². The Labute approximate surface area is 171 Å². The fourth-order valence-electron chi connectivity index (χ4n) is 3.37. The van der Waals surface area contributed by atoms with Crippen LogP contribution in [0.4, 0.5) is 5.69 Å². The molecule has 1 fully saturated rings. The maximum atomic E-state index is 12.9. The largest absolute Gasteiger partial charge is 0.368 e. The molecule has 5 nitrogen and oxygen atoms in total.